The van der Waals surface area contributed by atoms with Gasteiger partial charge < -0.3 is 10.2 Å². The highest BCUT2D eigenvalue weighted by atomic mass is 32.2. The van der Waals surface area contributed by atoms with Gasteiger partial charge in [0.05, 0.1) is 17.9 Å². The van der Waals surface area contributed by atoms with Crippen molar-refractivity contribution < 1.29 is 9.18 Å². The molecule has 3 unspecified atom stereocenters. The predicted molar refractivity (Wildman–Crippen MR) is 117 cm³/mol. The van der Waals surface area contributed by atoms with Gasteiger partial charge in [-0.25, -0.2) is 14.4 Å². The Bertz CT molecular complexity index is 1050. The lowest BCUT2D eigenvalue weighted by molar-refractivity contribution is 0.0933. The van der Waals surface area contributed by atoms with E-state index in [1.54, 1.807) is 36.3 Å². The Hall–Kier alpha value is -3.04. The monoisotopic (exact) mass is 436 g/mol. The normalized spacial score (nSPS) is 25.1. The number of aromatic nitrogens is 3. The lowest BCUT2D eigenvalue weighted by atomic mass is 9.81. The van der Waals surface area contributed by atoms with Crippen molar-refractivity contribution in [2.24, 2.45) is 5.92 Å². The lowest BCUT2D eigenvalue weighted by Gasteiger charge is -2.43. The molecule has 0 aliphatic carbocycles. The minimum Gasteiger partial charge on any atom is -0.338 e. The summed E-state index contributed by atoms with van der Waals surface area (Å²) in [6, 6.07) is 13.2. The first-order valence-corrected chi connectivity index (χ1v) is 11.1. The molecule has 31 heavy (non-hydrogen) atoms. The summed E-state index contributed by atoms with van der Waals surface area (Å²) in [4.78, 5) is 27.3. The molecule has 1 aromatic carbocycles. The number of benzene rings is 1. The Labute approximate surface area is 183 Å². The molecular formula is C22H21FN6OS. The van der Waals surface area contributed by atoms with E-state index in [0.717, 1.165) is 17.9 Å². The largest absolute Gasteiger partial charge is 0.338 e. The second-order valence-corrected chi connectivity index (χ2v) is 8.82. The van der Waals surface area contributed by atoms with Gasteiger partial charge in [0.15, 0.2) is 5.82 Å². The average molecular weight is 437 g/mol. The van der Waals surface area contributed by atoms with Crippen molar-refractivity contribution in [2.45, 2.75) is 11.0 Å². The number of nitrogens with zero attached hydrogens (tertiary/aromatic N) is 4. The van der Waals surface area contributed by atoms with E-state index in [1.165, 1.54) is 12.4 Å². The smallest absolute Gasteiger partial charge is 0.253 e. The minimum absolute atomic E-state index is 0.120. The summed E-state index contributed by atoms with van der Waals surface area (Å²) < 4.78 is 13.3. The van der Waals surface area contributed by atoms with Gasteiger partial charge in [0.2, 0.25) is 5.95 Å². The first kappa shape index (κ1) is 19.9. The molecular weight excluding hydrogens is 415 g/mol. The summed E-state index contributed by atoms with van der Waals surface area (Å²) >= 11 is 1.67. The van der Waals surface area contributed by atoms with Crippen LogP contribution >= 0.6 is 11.8 Å². The number of carbonyl (C=O) groups excluding carboxylic acids is 1. The molecule has 158 valence electrons. The van der Waals surface area contributed by atoms with Gasteiger partial charge in [0, 0.05) is 42.7 Å². The van der Waals surface area contributed by atoms with Crippen molar-refractivity contribution in [3.8, 4) is 0 Å². The molecule has 5 rings (SSSR count). The van der Waals surface area contributed by atoms with Gasteiger partial charge in [0.25, 0.3) is 5.91 Å². The maximum absolute atomic E-state index is 13.3. The third-order valence-electron chi connectivity index (χ3n) is 5.81. The van der Waals surface area contributed by atoms with Crippen molar-refractivity contribution in [1.82, 2.24) is 25.6 Å². The van der Waals surface area contributed by atoms with Gasteiger partial charge in [-0.15, -0.1) is 11.8 Å². The fraction of sp³-hybridized carbons (Fsp3) is 0.273. The molecule has 2 aliphatic rings. The van der Waals surface area contributed by atoms with Crippen LogP contribution in [0.25, 0.3) is 0 Å². The van der Waals surface area contributed by atoms with Crippen LogP contribution in [0.2, 0.25) is 0 Å². The Kier molecular flexibility index (Phi) is 5.29. The highest BCUT2D eigenvalue weighted by Gasteiger charge is 2.52. The van der Waals surface area contributed by atoms with Gasteiger partial charge in [-0.1, -0.05) is 18.2 Å². The van der Waals surface area contributed by atoms with Crippen LogP contribution in [0.3, 0.4) is 0 Å². The zero-order valence-corrected chi connectivity index (χ0v) is 17.4. The first-order chi connectivity index (χ1) is 15.1. The SMILES string of the molecule is O=C(NC1NC2(c3ccncc3)CN(c3ncc(F)cn3)CC2CS1)c1ccccc1. The Morgan fingerprint density at radius 1 is 1.16 bits per heavy atom. The molecule has 0 spiro atoms. The zero-order valence-electron chi connectivity index (χ0n) is 16.6. The van der Waals surface area contributed by atoms with Gasteiger partial charge in [0.1, 0.15) is 5.50 Å². The molecule has 0 saturated carbocycles. The molecule has 7 nitrogen and oxygen atoms in total. The second-order valence-electron chi connectivity index (χ2n) is 7.68. The topological polar surface area (TPSA) is 83.0 Å². The summed E-state index contributed by atoms with van der Waals surface area (Å²) in [5.41, 5.74) is 1.04. The summed E-state index contributed by atoms with van der Waals surface area (Å²) in [6.07, 6.45) is 5.93. The van der Waals surface area contributed by atoms with Gasteiger partial charge >= 0.3 is 0 Å². The predicted octanol–water partition coefficient (Wildman–Crippen LogP) is 2.39. The Morgan fingerprint density at radius 3 is 2.65 bits per heavy atom. The Balaban J connectivity index is 1.42. The van der Waals surface area contributed by atoms with Crippen LogP contribution in [0.1, 0.15) is 15.9 Å². The molecule has 2 aliphatic heterocycles. The van der Waals surface area contributed by atoms with E-state index in [1.807, 2.05) is 30.3 Å². The minimum atomic E-state index is -0.457. The second kappa shape index (κ2) is 8.24. The molecule has 3 atom stereocenters. The zero-order chi connectivity index (χ0) is 21.3. The van der Waals surface area contributed by atoms with E-state index in [-0.39, 0.29) is 17.3 Å². The van der Waals surface area contributed by atoms with Gasteiger partial charge in [-0.05, 0) is 29.8 Å². The van der Waals surface area contributed by atoms with Crippen LogP contribution in [0.4, 0.5) is 10.3 Å². The molecule has 3 aromatic rings. The number of amides is 1. The number of hydrogen-bond donors (Lipinski definition) is 2. The van der Waals surface area contributed by atoms with Crippen molar-refractivity contribution in [3.05, 3.63) is 84.2 Å². The van der Waals surface area contributed by atoms with E-state index >= 15 is 0 Å². The van der Waals surface area contributed by atoms with E-state index in [0.29, 0.717) is 18.1 Å². The summed E-state index contributed by atoms with van der Waals surface area (Å²) in [6.45, 7) is 1.33. The fourth-order valence-electron chi connectivity index (χ4n) is 4.31. The quantitative estimate of drug-likeness (QED) is 0.650. The molecule has 0 radical (unpaired) electrons. The third-order valence-corrected chi connectivity index (χ3v) is 6.98. The number of thioether (sulfide) groups is 1. The highest BCUT2D eigenvalue weighted by Crippen LogP contribution is 2.43. The van der Waals surface area contributed by atoms with Crippen molar-refractivity contribution >= 4 is 23.6 Å². The summed E-state index contributed by atoms with van der Waals surface area (Å²) in [7, 11) is 0. The third kappa shape index (κ3) is 3.86. The molecule has 0 bridgehead atoms. The molecule has 1 amide bonds. The standard InChI is InChI=1S/C22H21FN6OS/c23-18-10-25-20(26-11-18)29-12-17-13-31-21(27-19(30)15-4-2-1-3-5-15)28-22(17,14-29)16-6-8-24-9-7-16/h1-11,17,21,28H,12-14H2,(H,27,30). The van der Waals surface area contributed by atoms with Crippen LogP contribution in [0.15, 0.2) is 67.3 Å². The number of fused-ring (bicyclic) bond motifs is 1. The van der Waals surface area contributed by atoms with Crippen molar-refractivity contribution in [3.63, 3.8) is 0 Å². The number of anilines is 1. The van der Waals surface area contributed by atoms with E-state index in [4.69, 9.17) is 0 Å². The van der Waals surface area contributed by atoms with E-state index in [9.17, 15) is 9.18 Å². The van der Waals surface area contributed by atoms with E-state index in [2.05, 4.69) is 30.5 Å². The molecule has 2 aromatic heterocycles. The summed E-state index contributed by atoms with van der Waals surface area (Å²) in [5, 5.41) is 6.79. The molecule has 2 fully saturated rings. The number of halogens is 1. The highest BCUT2D eigenvalue weighted by molar-refractivity contribution is 7.99. The van der Waals surface area contributed by atoms with Crippen LogP contribution in [-0.2, 0) is 5.54 Å². The van der Waals surface area contributed by atoms with Gasteiger partial charge in [-0.3, -0.25) is 15.1 Å². The maximum Gasteiger partial charge on any atom is 0.253 e. The number of rotatable bonds is 4. The van der Waals surface area contributed by atoms with Crippen LogP contribution in [0, 0.1) is 11.7 Å². The molecule has 9 heteroatoms. The average Bonchev–Trinajstić information content (AvgIpc) is 3.21. The Morgan fingerprint density at radius 2 is 1.90 bits per heavy atom. The molecule has 4 heterocycles. The van der Waals surface area contributed by atoms with E-state index < -0.39 is 11.4 Å². The van der Waals surface area contributed by atoms with Crippen molar-refractivity contribution in [2.75, 3.05) is 23.7 Å². The van der Waals surface area contributed by atoms with Gasteiger partial charge in [-0.2, -0.15) is 0 Å². The number of pyridine rings is 1. The van der Waals surface area contributed by atoms with Crippen LogP contribution in [-0.4, -0.2) is 45.2 Å². The first-order valence-electron chi connectivity index (χ1n) is 10.0. The number of nitrogens with one attached hydrogen (secondary N) is 2. The number of hydrogen-bond acceptors (Lipinski definition) is 7. The van der Waals surface area contributed by atoms with Crippen LogP contribution < -0.4 is 15.5 Å². The fourth-order valence-corrected chi connectivity index (χ4v) is 5.61. The number of carbonyl (C=O) groups is 1. The summed E-state index contributed by atoms with van der Waals surface area (Å²) in [5.74, 6) is 1.01. The molecule has 2 N–H and O–H groups in total. The van der Waals surface area contributed by atoms with Crippen molar-refractivity contribution in [1.29, 1.82) is 0 Å². The molecule has 2 saturated heterocycles. The maximum atomic E-state index is 13.3. The lowest BCUT2D eigenvalue weighted by Crippen LogP contribution is -2.61. The van der Waals surface area contributed by atoms with Crippen LogP contribution in [0.5, 0.6) is 0 Å².